The van der Waals surface area contributed by atoms with Gasteiger partial charge in [0.2, 0.25) is 5.91 Å². The van der Waals surface area contributed by atoms with Crippen molar-refractivity contribution in [3.63, 3.8) is 0 Å². The normalized spacial score (nSPS) is 9.55. The van der Waals surface area contributed by atoms with Gasteiger partial charge in [-0.15, -0.1) is 0 Å². The molecule has 1 aromatic rings. The summed E-state index contributed by atoms with van der Waals surface area (Å²) in [6.45, 7) is 0.614. The van der Waals surface area contributed by atoms with Gasteiger partial charge in [-0.05, 0) is 0 Å². The zero-order chi connectivity index (χ0) is 8.10. The number of aryl methyl sites for hydroxylation is 1. The van der Waals surface area contributed by atoms with Crippen molar-refractivity contribution in [1.82, 2.24) is 15.1 Å². The molecular formula is C7H10N3O. The molecule has 4 heteroatoms. The highest BCUT2D eigenvalue weighted by molar-refractivity contribution is 5.75. The van der Waals surface area contributed by atoms with E-state index in [1.54, 1.807) is 24.1 Å². The van der Waals surface area contributed by atoms with Gasteiger partial charge in [0.05, 0.1) is 6.20 Å². The number of carbonyl (C=O) groups is 1. The van der Waals surface area contributed by atoms with E-state index in [1.165, 1.54) is 0 Å². The Morgan fingerprint density at radius 3 is 3.18 bits per heavy atom. The Morgan fingerprint density at radius 1 is 1.82 bits per heavy atom. The minimum atomic E-state index is 0.0282. The number of rotatable bonds is 3. The third-order valence-electron chi connectivity index (χ3n) is 1.35. The zero-order valence-corrected chi connectivity index (χ0v) is 6.37. The average molecular weight is 152 g/mol. The van der Waals surface area contributed by atoms with Crippen LogP contribution >= 0.6 is 0 Å². The molecule has 0 aliphatic rings. The summed E-state index contributed by atoms with van der Waals surface area (Å²) in [4.78, 5) is 10.7. The second kappa shape index (κ2) is 3.75. The average Bonchev–Trinajstić information content (AvgIpc) is 2.52. The monoisotopic (exact) mass is 152 g/mol. The molecule has 1 heterocycles. The molecule has 1 N–H and O–H groups in total. The molecule has 0 bridgehead atoms. The molecule has 1 rings (SSSR count). The highest BCUT2D eigenvalue weighted by Gasteiger charge is 1.97. The zero-order valence-electron chi connectivity index (χ0n) is 6.37. The summed E-state index contributed by atoms with van der Waals surface area (Å²) in [6, 6.07) is 2.79. The van der Waals surface area contributed by atoms with E-state index >= 15 is 0 Å². The summed E-state index contributed by atoms with van der Waals surface area (Å²) in [7, 11) is 1.62. The molecule has 1 amide bonds. The van der Waals surface area contributed by atoms with Crippen LogP contribution in [0.2, 0.25) is 0 Å². The molecular weight excluding hydrogens is 142 g/mol. The largest absolute Gasteiger partial charge is 0.359 e. The smallest absolute Gasteiger partial charge is 0.221 e. The lowest BCUT2D eigenvalue weighted by Gasteiger charge is -1.99. The van der Waals surface area contributed by atoms with Crippen molar-refractivity contribution in [2.45, 2.75) is 13.0 Å². The molecule has 0 fully saturated rings. The van der Waals surface area contributed by atoms with Gasteiger partial charge in [0, 0.05) is 32.3 Å². The second-order valence-electron chi connectivity index (χ2n) is 2.13. The molecule has 1 radical (unpaired) electrons. The molecule has 4 nitrogen and oxygen atoms in total. The maximum absolute atomic E-state index is 10.7. The second-order valence-corrected chi connectivity index (χ2v) is 2.13. The SMILES string of the molecule is CNC(=O)CCn1c[c]cn1. The van der Waals surface area contributed by atoms with Crippen molar-refractivity contribution in [3.05, 3.63) is 18.5 Å². The first-order valence-corrected chi connectivity index (χ1v) is 3.42. The Hall–Kier alpha value is -1.32. The van der Waals surface area contributed by atoms with Gasteiger partial charge in [-0.2, -0.15) is 5.10 Å². The summed E-state index contributed by atoms with van der Waals surface area (Å²) < 4.78 is 1.68. The van der Waals surface area contributed by atoms with Crippen LogP contribution in [0.15, 0.2) is 12.4 Å². The lowest BCUT2D eigenvalue weighted by atomic mass is 10.4. The van der Waals surface area contributed by atoms with Gasteiger partial charge in [-0.3, -0.25) is 9.48 Å². The first-order valence-electron chi connectivity index (χ1n) is 3.42. The van der Waals surface area contributed by atoms with Crippen LogP contribution in [0.1, 0.15) is 6.42 Å². The summed E-state index contributed by atoms with van der Waals surface area (Å²) in [5.41, 5.74) is 0. The highest BCUT2D eigenvalue weighted by atomic mass is 16.1. The third-order valence-corrected chi connectivity index (χ3v) is 1.35. The van der Waals surface area contributed by atoms with Crippen molar-refractivity contribution in [2.24, 2.45) is 0 Å². The molecule has 0 aliphatic heterocycles. The van der Waals surface area contributed by atoms with E-state index in [9.17, 15) is 4.79 Å². The Kier molecular flexibility index (Phi) is 2.66. The molecule has 0 saturated heterocycles. The van der Waals surface area contributed by atoms with Gasteiger partial charge in [0.25, 0.3) is 0 Å². The van der Waals surface area contributed by atoms with Crippen molar-refractivity contribution < 1.29 is 4.79 Å². The lowest BCUT2D eigenvalue weighted by molar-refractivity contribution is -0.120. The van der Waals surface area contributed by atoms with Crippen LogP contribution in [0, 0.1) is 6.07 Å². The number of amides is 1. The van der Waals surface area contributed by atoms with E-state index in [4.69, 9.17) is 0 Å². The predicted molar refractivity (Wildman–Crippen MR) is 39.7 cm³/mol. The number of nitrogens with zero attached hydrogens (tertiary/aromatic N) is 2. The predicted octanol–water partition coefficient (Wildman–Crippen LogP) is -0.181. The Balaban J connectivity index is 2.29. The minimum absolute atomic E-state index is 0.0282. The minimum Gasteiger partial charge on any atom is -0.359 e. The molecule has 0 atom stereocenters. The van der Waals surface area contributed by atoms with Crippen molar-refractivity contribution in [3.8, 4) is 0 Å². The van der Waals surface area contributed by atoms with Crippen LogP contribution < -0.4 is 5.32 Å². The standard InChI is InChI=1S/C7H10N3O/c1-8-7(11)3-6-10-5-2-4-9-10/h4-5H,3,6H2,1H3,(H,8,11). The molecule has 59 valence electrons. The van der Waals surface area contributed by atoms with Crippen LogP contribution in [0.4, 0.5) is 0 Å². The third kappa shape index (κ3) is 2.41. The van der Waals surface area contributed by atoms with Gasteiger partial charge in [0.15, 0.2) is 0 Å². The lowest BCUT2D eigenvalue weighted by Crippen LogP contribution is -2.19. The van der Waals surface area contributed by atoms with E-state index in [0.717, 1.165) is 0 Å². The van der Waals surface area contributed by atoms with Gasteiger partial charge in [-0.25, -0.2) is 0 Å². The first kappa shape index (κ1) is 7.78. The van der Waals surface area contributed by atoms with E-state index in [0.29, 0.717) is 13.0 Å². The Labute approximate surface area is 65.2 Å². The maximum atomic E-state index is 10.7. The summed E-state index contributed by atoms with van der Waals surface area (Å²) in [5.74, 6) is 0.0282. The van der Waals surface area contributed by atoms with Crippen molar-refractivity contribution in [2.75, 3.05) is 7.05 Å². The molecule has 0 aromatic carbocycles. The van der Waals surface area contributed by atoms with Gasteiger partial charge in [0.1, 0.15) is 0 Å². The quantitative estimate of drug-likeness (QED) is 0.653. The van der Waals surface area contributed by atoms with E-state index in [-0.39, 0.29) is 5.91 Å². The topological polar surface area (TPSA) is 46.9 Å². The Bertz CT molecular complexity index is 218. The molecule has 0 saturated carbocycles. The van der Waals surface area contributed by atoms with Crippen LogP contribution in [0.5, 0.6) is 0 Å². The summed E-state index contributed by atoms with van der Waals surface area (Å²) in [6.07, 6.45) is 3.75. The number of nitrogens with one attached hydrogen (secondary N) is 1. The molecule has 0 unspecified atom stereocenters. The fourth-order valence-electron chi connectivity index (χ4n) is 0.724. The first-order chi connectivity index (χ1) is 5.33. The highest BCUT2D eigenvalue weighted by Crippen LogP contribution is 1.87. The number of hydrogen-bond donors (Lipinski definition) is 1. The summed E-state index contributed by atoms with van der Waals surface area (Å²) >= 11 is 0. The van der Waals surface area contributed by atoms with Crippen LogP contribution in [-0.2, 0) is 11.3 Å². The number of hydrogen-bond acceptors (Lipinski definition) is 2. The number of aromatic nitrogens is 2. The summed E-state index contributed by atoms with van der Waals surface area (Å²) in [5, 5.41) is 6.44. The van der Waals surface area contributed by atoms with E-state index in [1.807, 2.05) is 0 Å². The molecule has 11 heavy (non-hydrogen) atoms. The van der Waals surface area contributed by atoms with Crippen LogP contribution in [0.25, 0.3) is 0 Å². The molecule has 0 spiro atoms. The molecule has 1 aromatic heterocycles. The number of carbonyl (C=O) groups excluding carboxylic acids is 1. The van der Waals surface area contributed by atoms with Crippen LogP contribution in [-0.4, -0.2) is 22.7 Å². The Morgan fingerprint density at radius 2 is 2.64 bits per heavy atom. The van der Waals surface area contributed by atoms with Gasteiger partial charge < -0.3 is 5.32 Å². The fraction of sp³-hybridized carbons (Fsp3) is 0.429. The van der Waals surface area contributed by atoms with Crippen molar-refractivity contribution >= 4 is 5.91 Å². The van der Waals surface area contributed by atoms with E-state index in [2.05, 4.69) is 16.5 Å². The molecule has 0 aliphatic carbocycles. The van der Waals surface area contributed by atoms with Crippen molar-refractivity contribution in [1.29, 1.82) is 0 Å². The van der Waals surface area contributed by atoms with Crippen LogP contribution in [0.3, 0.4) is 0 Å². The van der Waals surface area contributed by atoms with Gasteiger partial charge >= 0.3 is 0 Å². The fourth-order valence-corrected chi connectivity index (χ4v) is 0.724. The van der Waals surface area contributed by atoms with Gasteiger partial charge in [-0.1, -0.05) is 0 Å². The van der Waals surface area contributed by atoms with E-state index < -0.39 is 0 Å². The maximum Gasteiger partial charge on any atom is 0.221 e.